The molecule has 1 heterocycles. The molecule has 18 heavy (non-hydrogen) atoms. The molecule has 94 valence electrons. The van der Waals surface area contributed by atoms with Gasteiger partial charge in [0.05, 0.1) is 7.11 Å². The summed E-state index contributed by atoms with van der Waals surface area (Å²) in [4.78, 5) is 11.2. The summed E-state index contributed by atoms with van der Waals surface area (Å²) in [6.07, 6.45) is 0. The zero-order valence-corrected chi connectivity index (χ0v) is 10.5. The van der Waals surface area contributed by atoms with E-state index < -0.39 is 0 Å². The van der Waals surface area contributed by atoms with Crippen LogP contribution in [0.5, 0.6) is 0 Å². The van der Waals surface area contributed by atoms with E-state index in [-0.39, 0.29) is 12.5 Å². The van der Waals surface area contributed by atoms with Gasteiger partial charge in [-0.05, 0) is 41.5 Å². The molecule has 0 saturated carbocycles. The second-order valence-electron chi connectivity index (χ2n) is 4.04. The van der Waals surface area contributed by atoms with Gasteiger partial charge in [0.2, 0.25) is 0 Å². The van der Waals surface area contributed by atoms with Crippen LogP contribution in [0.1, 0.15) is 11.1 Å². The number of rotatable bonds is 3. The van der Waals surface area contributed by atoms with E-state index in [2.05, 4.69) is 20.3 Å². The fourth-order valence-corrected chi connectivity index (χ4v) is 1.59. The average molecular weight is 246 g/mol. The molecular formula is C12H14N4O2. The Morgan fingerprint density at radius 2 is 2.11 bits per heavy atom. The standard InChI is InChI=1S/C12H14N4O2/c1-8-4-5-10(6-9(8)2)12-13-14-15-16(12)7-11(17)18-3/h4-6H,7H2,1-3H3. The summed E-state index contributed by atoms with van der Waals surface area (Å²) in [6, 6.07) is 5.93. The third-order valence-corrected chi connectivity index (χ3v) is 2.80. The first-order valence-electron chi connectivity index (χ1n) is 5.52. The second kappa shape index (κ2) is 4.95. The average Bonchev–Trinajstić information content (AvgIpc) is 2.80. The molecule has 0 unspecified atom stereocenters. The number of benzene rings is 1. The number of ether oxygens (including phenoxy) is 1. The summed E-state index contributed by atoms with van der Waals surface area (Å²) in [5.74, 6) is 0.177. The van der Waals surface area contributed by atoms with Gasteiger partial charge in [0.15, 0.2) is 5.82 Å². The van der Waals surface area contributed by atoms with Gasteiger partial charge >= 0.3 is 5.97 Å². The molecule has 0 aliphatic rings. The van der Waals surface area contributed by atoms with E-state index in [4.69, 9.17) is 0 Å². The van der Waals surface area contributed by atoms with Gasteiger partial charge in [-0.1, -0.05) is 12.1 Å². The van der Waals surface area contributed by atoms with Crippen molar-refractivity contribution in [3.8, 4) is 11.4 Å². The van der Waals surface area contributed by atoms with Crippen molar-refractivity contribution in [3.63, 3.8) is 0 Å². The van der Waals surface area contributed by atoms with Gasteiger partial charge < -0.3 is 4.74 Å². The summed E-state index contributed by atoms with van der Waals surface area (Å²) in [6.45, 7) is 4.07. The van der Waals surface area contributed by atoms with Crippen LogP contribution in [0.15, 0.2) is 18.2 Å². The Kier molecular flexibility index (Phi) is 3.36. The van der Waals surface area contributed by atoms with Crippen molar-refractivity contribution in [1.82, 2.24) is 20.2 Å². The van der Waals surface area contributed by atoms with Crippen LogP contribution in [0, 0.1) is 13.8 Å². The van der Waals surface area contributed by atoms with Gasteiger partial charge in [-0.15, -0.1) is 5.10 Å². The molecule has 1 aromatic heterocycles. The van der Waals surface area contributed by atoms with E-state index >= 15 is 0 Å². The molecule has 6 heteroatoms. The molecule has 0 fully saturated rings. The van der Waals surface area contributed by atoms with Crippen LogP contribution in [0.4, 0.5) is 0 Å². The van der Waals surface area contributed by atoms with E-state index in [1.807, 2.05) is 32.0 Å². The largest absolute Gasteiger partial charge is 0.468 e. The lowest BCUT2D eigenvalue weighted by Gasteiger charge is -2.05. The first-order chi connectivity index (χ1) is 8.61. The topological polar surface area (TPSA) is 69.9 Å². The molecule has 2 aromatic rings. The van der Waals surface area contributed by atoms with E-state index in [0.717, 1.165) is 11.1 Å². The summed E-state index contributed by atoms with van der Waals surface area (Å²) >= 11 is 0. The highest BCUT2D eigenvalue weighted by Gasteiger charge is 2.12. The van der Waals surface area contributed by atoms with Crippen LogP contribution in [-0.4, -0.2) is 33.3 Å². The highest BCUT2D eigenvalue weighted by Crippen LogP contribution is 2.19. The Morgan fingerprint density at radius 1 is 1.33 bits per heavy atom. The first-order valence-corrected chi connectivity index (χ1v) is 5.52. The van der Waals surface area contributed by atoms with Crippen LogP contribution in [0.2, 0.25) is 0 Å². The summed E-state index contributed by atoms with van der Waals surface area (Å²) < 4.78 is 6.03. The van der Waals surface area contributed by atoms with Crippen molar-refractivity contribution >= 4 is 5.97 Å². The normalized spacial score (nSPS) is 10.4. The first kappa shape index (κ1) is 12.2. The second-order valence-corrected chi connectivity index (χ2v) is 4.04. The Bertz CT molecular complexity index is 577. The number of methoxy groups -OCH3 is 1. The molecule has 0 radical (unpaired) electrons. The van der Waals surface area contributed by atoms with Crippen molar-refractivity contribution in [2.75, 3.05) is 7.11 Å². The predicted octanol–water partition coefficient (Wildman–Crippen LogP) is 1.13. The van der Waals surface area contributed by atoms with Crippen LogP contribution in [0.25, 0.3) is 11.4 Å². The third-order valence-electron chi connectivity index (χ3n) is 2.80. The van der Waals surface area contributed by atoms with Crippen LogP contribution in [0.3, 0.4) is 0 Å². The lowest BCUT2D eigenvalue weighted by Crippen LogP contribution is -2.14. The quantitative estimate of drug-likeness (QED) is 0.759. The zero-order valence-electron chi connectivity index (χ0n) is 10.5. The number of carbonyl (C=O) groups is 1. The number of carbonyl (C=O) groups excluding carboxylic acids is 1. The van der Waals surface area contributed by atoms with Gasteiger partial charge in [-0.3, -0.25) is 4.79 Å². The van der Waals surface area contributed by atoms with Crippen molar-refractivity contribution in [1.29, 1.82) is 0 Å². The fourth-order valence-electron chi connectivity index (χ4n) is 1.59. The summed E-state index contributed by atoms with van der Waals surface area (Å²) in [5, 5.41) is 11.3. The lowest BCUT2D eigenvalue weighted by molar-refractivity contribution is -0.141. The molecule has 0 spiro atoms. The fraction of sp³-hybridized carbons (Fsp3) is 0.333. The minimum absolute atomic E-state index is 0.00571. The third kappa shape index (κ3) is 2.37. The number of esters is 1. The summed E-state index contributed by atoms with van der Waals surface area (Å²) in [7, 11) is 1.34. The number of aromatic nitrogens is 4. The Hall–Kier alpha value is -2.24. The zero-order chi connectivity index (χ0) is 13.1. The molecule has 0 amide bonds. The lowest BCUT2D eigenvalue weighted by atomic mass is 10.1. The van der Waals surface area contributed by atoms with Gasteiger partial charge in [0.25, 0.3) is 0 Å². The van der Waals surface area contributed by atoms with Crippen molar-refractivity contribution < 1.29 is 9.53 Å². The van der Waals surface area contributed by atoms with E-state index in [1.165, 1.54) is 17.4 Å². The Labute approximate surface area is 105 Å². The molecule has 0 bridgehead atoms. The monoisotopic (exact) mass is 246 g/mol. The smallest absolute Gasteiger partial charge is 0.327 e. The van der Waals surface area contributed by atoms with Crippen molar-refractivity contribution in [2.45, 2.75) is 20.4 Å². The highest BCUT2D eigenvalue weighted by molar-refractivity contribution is 5.70. The maximum Gasteiger partial charge on any atom is 0.327 e. The maximum atomic E-state index is 11.2. The Balaban J connectivity index is 2.36. The molecule has 0 aliphatic heterocycles. The number of hydrogen-bond donors (Lipinski definition) is 0. The molecule has 0 N–H and O–H groups in total. The number of tetrazole rings is 1. The van der Waals surface area contributed by atoms with Crippen molar-refractivity contribution in [2.24, 2.45) is 0 Å². The molecule has 0 aliphatic carbocycles. The van der Waals surface area contributed by atoms with Gasteiger partial charge in [-0.25, -0.2) is 4.68 Å². The van der Waals surface area contributed by atoms with Crippen LogP contribution < -0.4 is 0 Å². The SMILES string of the molecule is COC(=O)Cn1nnnc1-c1ccc(C)c(C)c1. The van der Waals surface area contributed by atoms with Gasteiger partial charge in [0.1, 0.15) is 6.54 Å². The van der Waals surface area contributed by atoms with E-state index in [1.54, 1.807) is 0 Å². The number of hydrogen-bond acceptors (Lipinski definition) is 5. The number of nitrogens with zero attached hydrogens (tertiary/aromatic N) is 4. The molecule has 2 rings (SSSR count). The number of aryl methyl sites for hydroxylation is 2. The van der Waals surface area contributed by atoms with E-state index in [9.17, 15) is 4.79 Å². The Morgan fingerprint density at radius 3 is 2.78 bits per heavy atom. The minimum atomic E-state index is -0.382. The van der Waals surface area contributed by atoms with E-state index in [0.29, 0.717) is 5.82 Å². The van der Waals surface area contributed by atoms with Crippen LogP contribution >= 0.6 is 0 Å². The predicted molar refractivity (Wildman–Crippen MR) is 64.7 cm³/mol. The molecule has 1 aromatic carbocycles. The van der Waals surface area contributed by atoms with Gasteiger partial charge in [0, 0.05) is 5.56 Å². The molecule has 0 saturated heterocycles. The minimum Gasteiger partial charge on any atom is -0.468 e. The highest BCUT2D eigenvalue weighted by atomic mass is 16.5. The molecule has 0 atom stereocenters. The maximum absolute atomic E-state index is 11.2. The van der Waals surface area contributed by atoms with Gasteiger partial charge in [-0.2, -0.15) is 0 Å². The van der Waals surface area contributed by atoms with Crippen molar-refractivity contribution in [3.05, 3.63) is 29.3 Å². The molecular weight excluding hydrogens is 232 g/mol. The molecule has 6 nitrogen and oxygen atoms in total. The summed E-state index contributed by atoms with van der Waals surface area (Å²) in [5.41, 5.74) is 3.23. The van der Waals surface area contributed by atoms with Crippen LogP contribution in [-0.2, 0) is 16.1 Å².